The largest absolute Gasteiger partial charge is 0.489 e. The van der Waals surface area contributed by atoms with Crippen LogP contribution in [0.25, 0.3) is 0 Å². The van der Waals surface area contributed by atoms with Crippen molar-refractivity contribution in [3.63, 3.8) is 0 Å². The van der Waals surface area contributed by atoms with E-state index in [2.05, 4.69) is 0 Å². The lowest BCUT2D eigenvalue weighted by Gasteiger charge is -2.32. The van der Waals surface area contributed by atoms with Gasteiger partial charge in [0.15, 0.2) is 17.2 Å². The number of rotatable bonds is 1. The number of para-hydroxylation sites is 1. The second-order valence-corrected chi connectivity index (χ2v) is 4.60. The van der Waals surface area contributed by atoms with Crippen LogP contribution in [0.5, 0.6) is 5.75 Å². The molecule has 2 aromatic rings. The van der Waals surface area contributed by atoms with E-state index >= 15 is 0 Å². The van der Waals surface area contributed by atoms with E-state index < -0.39 is 23.0 Å². The highest BCUT2D eigenvalue weighted by molar-refractivity contribution is 6.05. The Balaban J connectivity index is 2.09. The molecule has 0 aromatic heterocycles. The lowest BCUT2D eigenvalue weighted by molar-refractivity contribution is -0.00524. The van der Waals surface area contributed by atoms with Crippen LogP contribution in [0.1, 0.15) is 15.9 Å². The zero-order valence-corrected chi connectivity index (χ0v) is 10.3. The van der Waals surface area contributed by atoms with Crippen molar-refractivity contribution in [3.05, 3.63) is 65.2 Å². The van der Waals surface area contributed by atoms with Gasteiger partial charge in [-0.2, -0.15) is 0 Å². The van der Waals surface area contributed by atoms with Crippen molar-refractivity contribution < 1.29 is 23.4 Å². The van der Waals surface area contributed by atoms with Crippen LogP contribution in [0.4, 0.5) is 8.78 Å². The van der Waals surface area contributed by atoms with Crippen LogP contribution in [0.2, 0.25) is 0 Å². The Labute approximate surface area is 113 Å². The van der Waals surface area contributed by atoms with Gasteiger partial charge in [-0.15, -0.1) is 0 Å². The van der Waals surface area contributed by atoms with Gasteiger partial charge in [-0.3, -0.25) is 4.79 Å². The summed E-state index contributed by atoms with van der Waals surface area (Å²) >= 11 is 0. The van der Waals surface area contributed by atoms with Crippen molar-refractivity contribution in [1.82, 2.24) is 0 Å². The molecule has 3 nitrogen and oxygen atoms in total. The molecule has 1 aliphatic rings. The molecule has 3 rings (SSSR count). The molecular formula is C15H10F2O3. The molecule has 0 spiro atoms. The van der Waals surface area contributed by atoms with Gasteiger partial charge in [0.2, 0.25) is 5.78 Å². The van der Waals surface area contributed by atoms with Gasteiger partial charge in [0.1, 0.15) is 12.4 Å². The number of hydrogen-bond donors (Lipinski definition) is 1. The fourth-order valence-corrected chi connectivity index (χ4v) is 2.22. The maximum absolute atomic E-state index is 13.3. The standard InChI is InChI=1S/C15H10F2O3/c16-11-6-5-9(7-12(11)17)15(19)8-20-13-4-2-1-3-10(13)14(15)18/h1-7,19H,8H2/t15-/m1/s1. The Hall–Kier alpha value is -2.27. The van der Waals surface area contributed by atoms with Gasteiger partial charge in [0, 0.05) is 0 Å². The van der Waals surface area contributed by atoms with Crippen LogP contribution in [-0.4, -0.2) is 17.5 Å². The third-order valence-corrected chi connectivity index (χ3v) is 3.34. The quantitative estimate of drug-likeness (QED) is 0.870. The molecule has 0 amide bonds. The van der Waals surface area contributed by atoms with Crippen molar-refractivity contribution in [2.45, 2.75) is 5.60 Å². The number of benzene rings is 2. The predicted molar refractivity (Wildman–Crippen MR) is 66.5 cm³/mol. The number of Topliss-reactive ketones (excluding diaryl/α,β-unsaturated/α-hetero) is 1. The van der Waals surface area contributed by atoms with Crippen LogP contribution in [0.15, 0.2) is 42.5 Å². The molecule has 1 atom stereocenters. The van der Waals surface area contributed by atoms with Gasteiger partial charge in [0.05, 0.1) is 5.56 Å². The van der Waals surface area contributed by atoms with E-state index in [4.69, 9.17) is 4.74 Å². The SMILES string of the molecule is O=C1c2ccccc2OC[C@@]1(O)c1ccc(F)c(F)c1. The van der Waals surface area contributed by atoms with E-state index in [-0.39, 0.29) is 17.7 Å². The van der Waals surface area contributed by atoms with Gasteiger partial charge in [-0.1, -0.05) is 18.2 Å². The summed E-state index contributed by atoms with van der Waals surface area (Å²) in [6, 6.07) is 9.32. The smallest absolute Gasteiger partial charge is 0.206 e. The molecule has 0 fully saturated rings. The number of ether oxygens (including phenoxy) is 1. The molecule has 102 valence electrons. The molecule has 0 unspecified atom stereocenters. The molecular weight excluding hydrogens is 266 g/mol. The highest BCUT2D eigenvalue weighted by Gasteiger charge is 2.44. The molecule has 20 heavy (non-hydrogen) atoms. The lowest BCUT2D eigenvalue weighted by atomic mass is 9.84. The van der Waals surface area contributed by atoms with Crippen molar-refractivity contribution >= 4 is 5.78 Å². The normalized spacial score (nSPS) is 21.2. The Bertz CT molecular complexity index is 699. The first-order valence-corrected chi connectivity index (χ1v) is 5.97. The van der Waals surface area contributed by atoms with Crippen LogP contribution in [0, 0.1) is 11.6 Å². The second-order valence-electron chi connectivity index (χ2n) is 4.60. The van der Waals surface area contributed by atoms with Gasteiger partial charge >= 0.3 is 0 Å². The summed E-state index contributed by atoms with van der Waals surface area (Å²) in [5.41, 5.74) is -1.83. The first kappa shape index (κ1) is 12.7. The van der Waals surface area contributed by atoms with Crippen molar-refractivity contribution in [3.8, 4) is 5.75 Å². The zero-order chi connectivity index (χ0) is 14.3. The summed E-state index contributed by atoms with van der Waals surface area (Å²) in [6.45, 7) is -0.339. The lowest BCUT2D eigenvalue weighted by Crippen LogP contribution is -2.44. The summed E-state index contributed by atoms with van der Waals surface area (Å²) in [5.74, 6) is -2.39. The molecule has 0 aliphatic carbocycles. The minimum atomic E-state index is -2.01. The van der Waals surface area contributed by atoms with Gasteiger partial charge in [-0.25, -0.2) is 8.78 Å². The Morgan fingerprint density at radius 1 is 1.10 bits per heavy atom. The third-order valence-electron chi connectivity index (χ3n) is 3.34. The fourth-order valence-electron chi connectivity index (χ4n) is 2.22. The molecule has 1 N–H and O–H groups in total. The second kappa shape index (κ2) is 4.38. The molecule has 1 heterocycles. The molecule has 0 saturated carbocycles. The summed E-state index contributed by atoms with van der Waals surface area (Å²) in [5, 5.41) is 10.5. The highest BCUT2D eigenvalue weighted by atomic mass is 19.2. The molecule has 0 saturated heterocycles. The highest BCUT2D eigenvalue weighted by Crippen LogP contribution is 2.35. The fraction of sp³-hybridized carbons (Fsp3) is 0.133. The van der Waals surface area contributed by atoms with Crippen LogP contribution in [0.3, 0.4) is 0 Å². The van der Waals surface area contributed by atoms with Gasteiger partial charge < -0.3 is 9.84 Å². The molecule has 1 aliphatic heterocycles. The van der Waals surface area contributed by atoms with E-state index in [1.54, 1.807) is 18.2 Å². The number of carbonyl (C=O) groups is 1. The van der Waals surface area contributed by atoms with Crippen LogP contribution in [-0.2, 0) is 5.60 Å². The number of ketones is 1. The number of halogens is 2. The summed E-state index contributed by atoms with van der Waals surface area (Å²) in [4.78, 5) is 12.4. The maximum atomic E-state index is 13.3. The van der Waals surface area contributed by atoms with Crippen LogP contribution < -0.4 is 4.74 Å². The number of aliphatic hydroxyl groups is 1. The van der Waals surface area contributed by atoms with Gasteiger partial charge in [-0.05, 0) is 29.8 Å². The maximum Gasteiger partial charge on any atom is 0.206 e. The zero-order valence-electron chi connectivity index (χ0n) is 10.3. The van der Waals surface area contributed by atoms with Gasteiger partial charge in [0.25, 0.3) is 0 Å². The van der Waals surface area contributed by atoms with Crippen molar-refractivity contribution in [2.24, 2.45) is 0 Å². The number of fused-ring (bicyclic) bond motifs is 1. The average molecular weight is 276 g/mol. The Morgan fingerprint density at radius 3 is 2.60 bits per heavy atom. The first-order chi connectivity index (χ1) is 9.52. The molecule has 5 heteroatoms. The summed E-state index contributed by atoms with van der Waals surface area (Å²) < 4.78 is 31.6. The molecule has 0 bridgehead atoms. The minimum absolute atomic E-state index is 0.0316. The Morgan fingerprint density at radius 2 is 1.85 bits per heavy atom. The number of hydrogen-bond acceptors (Lipinski definition) is 3. The number of carbonyl (C=O) groups excluding carboxylic acids is 1. The molecule has 0 radical (unpaired) electrons. The topological polar surface area (TPSA) is 46.5 Å². The monoisotopic (exact) mass is 276 g/mol. The third kappa shape index (κ3) is 1.78. The summed E-state index contributed by atoms with van der Waals surface area (Å²) in [7, 11) is 0. The van der Waals surface area contributed by atoms with E-state index in [1.165, 1.54) is 12.1 Å². The average Bonchev–Trinajstić information content (AvgIpc) is 2.46. The van der Waals surface area contributed by atoms with E-state index in [9.17, 15) is 18.7 Å². The minimum Gasteiger partial charge on any atom is -0.489 e. The van der Waals surface area contributed by atoms with Crippen LogP contribution >= 0.6 is 0 Å². The van der Waals surface area contributed by atoms with E-state index in [1.807, 2.05) is 0 Å². The molecule has 2 aromatic carbocycles. The van der Waals surface area contributed by atoms with E-state index in [0.29, 0.717) is 5.75 Å². The van der Waals surface area contributed by atoms with Crippen molar-refractivity contribution in [1.29, 1.82) is 0 Å². The van der Waals surface area contributed by atoms with Crippen molar-refractivity contribution in [2.75, 3.05) is 6.61 Å². The summed E-state index contributed by atoms with van der Waals surface area (Å²) in [6.07, 6.45) is 0. The predicted octanol–water partition coefficient (Wildman–Crippen LogP) is 2.43. The first-order valence-electron chi connectivity index (χ1n) is 5.97. The Kier molecular flexibility index (Phi) is 2.79. The van der Waals surface area contributed by atoms with E-state index in [0.717, 1.165) is 12.1 Å².